The Morgan fingerprint density at radius 3 is 2.65 bits per heavy atom. The zero-order valence-corrected chi connectivity index (χ0v) is 11.9. The molecular weight excluding hydrogens is 259 g/mol. The summed E-state index contributed by atoms with van der Waals surface area (Å²) in [6, 6.07) is 6.30. The predicted molar refractivity (Wildman–Crippen MR) is 74.0 cm³/mol. The maximum absolute atomic E-state index is 13.2. The van der Waals surface area contributed by atoms with Gasteiger partial charge in [-0.15, -0.1) is 0 Å². The zero-order chi connectivity index (χ0) is 14.7. The van der Waals surface area contributed by atoms with Crippen LogP contribution in [0.3, 0.4) is 0 Å². The molecule has 0 aliphatic heterocycles. The van der Waals surface area contributed by atoms with Gasteiger partial charge in [-0.05, 0) is 45.0 Å². The number of rotatable bonds is 5. The molecule has 1 aromatic heterocycles. The molecule has 0 bridgehead atoms. The summed E-state index contributed by atoms with van der Waals surface area (Å²) in [6.45, 7) is 5.95. The van der Waals surface area contributed by atoms with Gasteiger partial charge in [-0.3, -0.25) is 4.68 Å². The van der Waals surface area contributed by atoms with Gasteiger partial charge in [0, 0.05) is 17.8 Å². The van der Waals surface area contributed by atoms with Crippen LogP contribution in [0.1, 0.15) is 44.2 Å². The number of aliphatic hydroxyl groups is 1. The Bertz CT molecular complexity index is 579. The number of aromatic nitrogens is 2. The average molecular weight is 278 g/mol. The van der Waals surface area contributed by atoms with Gasteiger partial charge in [-0.1, -0.05) is 0 Å². The van der Waals surface area contributed by atoms with E-state index >= 15 is 0 Å². The molecule has 1 N–H and O–H groups in total. The highest BCUT2D eigenvalue weighted by atomic mass is 19.1. The Balaban J connectivity index is 2.10. The average Bonchev–Trinajstić information content (AvgIpc) is 2.86. The van der Waals surface area contributed by atoms with Crippen LogP contribution in [0.2, 0.25) is 0 Å². The van der Waals surface area contributed by atoms with Crippen molar-refractivity contribution in [3.05, 3.63) is 47.5 Å². The number of ether oxygens (including phenoxy) is 1. The van der Waals surface area contributed by atoms with E-state index in [0.29, 0.717) is 17.4 Å². The number of nitrogens with zero attached hydrogens (tertiary/aromatic N) is 2. The van der Waals surface area contributed by atoms with E-state index in [-0.39, 0.29) is 6.61 Å². The van der Waals surface area contributed by atoms with Crippen molar-refractivity contribution in [1.29, 1.82) is 0 Å². The first-order chi connectivity index (χ1) is 9.47. The molecule has 0 aliphatic rings. The largest absolute Gasteiger partial charge is 0.487 e. The molecule has 0 radical (unpaired) electrons. The lowest BCUT2D eigenvalue weighted by atomic mass is 10.1. The van der Waals surface area contributed by atoms with Gasteiger partial charge >= 0.3 is 0 Å². The lowest BCUT2D eigenvalue weighted by Gasteiger charge is -2.12. The molecule has 0 aliphatic carbocycles. The van der Waals surface area contributed by atoms with Crippen LogP contribution >= 0.6 is 0 Å². The minimum Gasteiger partial charge on any atom is -0.487 e. The SMILES string of the molecule is CC(C)n1ccc(COc2ccc(F)cc2[C@H](C)O)n1. The number of hydrogen-bond donors (Lipinski definition) is 1. The third kappa shape index (κ3) is 3.36. The van der Waals surface area contributed by atoms with E-state index in [1.54, 1.807) is 6.92 Å². The molecule has 2 aromatic rings. The Morgan fingerprint density at radius 1 is 1.30 bits per heavy atom. The third-order valence-electron chi connectivity index (χ3n) is 2.99. The van der Waals surface area contributed by atoms with Gasteiger partial charge in [0.25, 0.3) is 0 Å². The predicted octanol–water partition coefficient (Wildman–Crippen LogP) is 3.24. The van der Waals surface area contributed by atoms with Gasteiger partial charge in [0.15, 0.2) is 0 Å². The maximum Gasteiger partial charge on any atom is 0.132 e. The van der Waals surface area contributed by atoms with Crippen LogP contribution in [-0.4, -0.2) is 14.9 Å². The molecule has 1 aromatic carbocycles. The van der Waals surface area contributed by atoms with E-state index in [1.807, 2.05) is 30.8 Å². The van der Waals surface area contributed by atoms with E-state index in [4.69, 9.17) is 4.74 Å². The summed E-state index contributed by atoms with van der Waals surface area (Å²) in [5.41, 5.74) is 1.23. The fourth-order valence-corrected chi connectivity index (χ4v) is 1.87. The van der Waals surface area contributed by atoms with E-state index in [0.717, 1.165) is 5.69 Å². The fraction of sp³-hybridized carbons (Fsp3) is 0.400. The number of hydrogen-bond acceptors (Lipinski definition) is 3. The smallest absolute Gasteiger partial charge is 0.132 e. The highest BCUT2D eigenvalue weighted by Gasteiger charge is 2.11. The summed E-state index contributed by atoms with van der Waals surface area (Å²) in [4.78, 5) is 0. The molecule has 1 heterocycles. The molecule has 0 saturated carbocycles. The first-order valence-corrected chi connectivity index (χ1v) is 6.61. The number of benzene rings is 1. The summed E-state index contributed by atoms with van der Waals surface area (Å²) in [7, 11) is 0. The van der Waals surface area contributed by atoms with Crippen molar-refractivity contribution < 1.29 is 14.2 Å². The monoisotopic (exact) mass is 278 g/mol. The van der Waals surface area contributed by atoms with Crippen LogP contribution < -0.4 is 4.74 Å². The summed E-state index contributed by atoms with van der Waals surface area (Å²) < 4.78 is 20.7. The minimum absolute atomic E-state index is 0.283. The van der Waals surface area contributed by atoms with Gasteiger partial charge in [-0.25, -0.2) is 4.39 Å². The van der Waals surface area contributed by atoms with Gasteiger partial charge in [0.1, 0.15) is 18.2 Å². The van der Waals surface area contributed by atoms with Crippen molar-refractivity contribution >= 4 is 0 Å². The minimum atomic E-state index is -0.783. The highest BCUT2D eigenvalue weighted by Crippen LogP contribution is 2.26. The lowest BCUT2D eigenvalue weighted by molar-refractivity contribution is 0.189. The molecule has 2 rings (SSSR count). The second-order valence-corrected chi connectivity index (χ2v) is 5.03. The summed E-state index contributed by atoms with van der Waals surface area (Å²) in [5.74, 6) is 0.0813. The Morgan fingerprint density at radius 2 is 2.05 bits per heavy atom. The molecule has 108 valence electrons. The summed E-state index contributed by atoms with van der Waals surface area (Å²) in [5, 5.41) is 14.0. The quantitative estimate of drug-likeness (QED) is 0.913. The molecule has 0 saturated heterocycles. The van der Waals surface area contributed by atoms with Crippen LogP contribution in [0.15, 0.2) is 30.5 Å². The van der Waals surface area contributed by atoms with Crippen LogP contribution in [0.4, 0.5) is 4.39 Å². The van der Waals surface area contributed by atoms with E-state index in [9.17, 15) is 9.50 Å². The van der Waals surface area contributed by atoms with Crippen molar-refractivity contribution in [3.63, 3.8) is 0 Å². The Kier molecular flexibility index (Phi) is 4.39. The molecule has 0 fully saturated rings. The van der Waals surface area contributed by atoms with Crippen molar-refractivity contribution in [2.75, 3.05) is 0 Å². The number of aliphatic hydroxyl groups excluding tert-OH is 1. The van der Waals surface area contributed by atoms with Crippen molar-refractivity contribution in [3.8, 4) is 5.75 Å². The first-order valence-electron chi connectivity index (χ1n) is 6.61. The molecule has 1 atom stereocenters. The van der Waals surface area contributed by atoms with Crippen LogP contribution in [0.5, 0.6) is 5.75 Å². The van der Waals surface area contributed by atoms with Crippen LogP contribution in [0.25, 0.3) is 0 Å². The second-order valence-electron chi connectivity index (χ2n) is 5.03. The lowest BCUT2D eigenvalue weighted by Crippen LogP contribution is -2.05. The van der Waals surface area contributed by atoms with E-state index in [1.165, 1.54) is 18.2 Å². The molecule has 0 unspecified atom stereocenters. The Labute approximate surface area is 117 Å². The van der Waals surface area contributed by atoms with Crippen molar-refractivity contribution in [2.45, 2.75) is 39.5 Å². The summed E-state index contributed by atoms with van der Waals surface area (Å²) >= 11 is 0. The molecule has 5 heteroatoms. The topological polar surface area (TPSA) is 47.3 Å². The summed E-state index contributed by atoms with van der Waals surface area (Å²) in [6.07, 6.45) is 1.11. The first kappa shape index (κ1) is 14.5. The molecular formula is C15H19FN2O2. The van der Waals surface area contributed by atoms with E-state index in [2.05, 4.69) is 5.10 Å². The van der Waals surface area contributed by atoms with Crippen LogP contribution in [-0.2, 0) is 6.61 Å². The molecule has 0 amide bonds. The zero-order valence-electron chi connectivity index (χ0n) is 11.9. The van der Waals surface area contributed by atoms with Gasteiger partial charge in [-0.2, -0.15) is 5.10 Å². The molecule has 4 nitrogen and oxygen atoms in total. The van der Waals surface area contributed by atoms with Gasteiger partial charge in [0.2, 0.25) is 0 Å². The van der Waals surface area contributed by atoms with E-state index < -0.39 is 11.9 Å². The normalized spacial score (nSPS) is 12.7. The van der Waals surface area contributed by atoms with Crippen molar-refractivity contribution in [1.82, 2.24) is 9.78 Å². The standard InChI is InChI=1S/C15H19FN2O2/c1-10(2)18-7-6-13(17-18)9-20-15-5-4-12(16)8-14(15)11(3)19/h4-8,10-11,19H,9H2,1-3H3/t11-/m0/s1. The highest BCUT2D eigenvalue weighted by molar-refractivity contribution is 5.35. The second kappa shape index (κ2) is 6.05. The van der Waals surface area contributed by atoms with Gasteiger partial charge < -0.3 is 9.84 Å². The third-order valence-corrected chi connectivity index (χ3v) is 2.99. The maximum atomic E-state index is 13.2. The van der Waals surface area contributed by atoms with Gasteiger partial charge in [0.05, 0.1) is 11.8 Å². The molecule has 0 spiro atoms. The fourth-order valence-electron chi connectivity index (χ4n) is 1.87. The number of halogens is 1. The van der Waals surface area contributed by atoms with Crippen LogP contribution in [0, 0.1) is 5.82 Å². The van der Waals surface area contributed by atoms with Crippen molar-refractivity contribution in [2.24, 2.45) is 0 Å². The Hall–Kier alpha value is -1.88. The molecule has 20 heavy (non-hydrogen) atoms.